The molecule has 0 nitrogen and oxygen atoms in total. The first-order chi connectivity index (χ1) is 16.1. The first-order valence-corrected chi connectivity index (χ1v) is 12.6. The molecule has 0 aliphatic heterocycles. The van der Waals surface area contributed by atoms with E-state index in [9.17, 15) is 0 Å². The maximum Gasteiger partial charge on any atom is 0.0161 e. The number of fused-ring (bicyclic) bond motifs is 6. The van der Waals surface area contributed by atoms with E-state index in [0.717, 1.165) is 0 Å². The van der Waals surface area contributed by atoms with Crippen LogP contribution in [0.15, 0.2) is 60.7 Å². The van der Waals surface area contributed by atoms with Gasteiger partial charge in [-0.1, -0.05) is 88.4 Å². The molecule has 0 N–H and O–H groups in total. The van der Waals surface area contributed by atoms with Crippen LogP contribution in [0.4, 0.5) is 0 Å². The Morgan fingerprint density at radius 3 is 1.21 bits per heavy atom. The first-order valence-electron chi connectivity index (χ1n) is 12.6. The van der Waals surface area contributed by atoms with Crippen molar-refractivity contribution in [2.24, 2.45) is 0 Å². The van der Waals surface area contributed by atoms with Gasteiger partial charge >= 0.3 is 0 Å². The van der Waals surface area contributed by atoms with E-state index < -0.39 is 0 Å². The van der Waals surface area contributed by atoms with Crippen molar-refractivity contribution in [2.45, 2.75) is 66.2 Å². The quantitative estimate of drug-likeness (QED) is 0.275. The van der Waals surface area contributed by atoms with Crippen molar-refractivity contribution in [1.82, 2.24) is 0 Å². The summed E-state index contributed by atoms with van der Waals surface area (Å²) >= 11 is 0. The summed E-state index contributed by atoms with van der Waals surface area (Å²) in [5, 5.41) is 0. The fraction of sp³-hybridized carbons (Fsp3) is 0.294. The third kappa shape index (κ3) is 2.49. The lowest BCUT2D eigenvalue weighted by atomic mass is 9.74. The molecule has 0 saturated heterocycles. The third-order valence-corrected chi connectivity index (χ3v) is 8.83. The van der Waals surface area contributed by atoms with Crippen LogP contribution in [0.25, 0.3) is 33.4 Å². The SMILES string of the molecule is Cc1cc2c(c(C)c1-c1c(C)cc3c(c1C)C(C)(C)c1ccccc1-3)C(C)(C)c1ccccc1-2. The summed E-state index contributed by atoms with van der Waals surface area (Å²) in [7, 11) is 0. The highest BCUT2D eigenvalue weighted by atomic mass is 14.4. The summed E-state index contributed by atoms with van der Waals surface area (Å²) in [6.07, 6.45) is 0. The van der Waals surface area contributed by atoms with Gasteiger partial charge in [-0.2, -0.15) is 0 Å². The zero-order chi connectivity index (χ0) is 24.2. The second-order valence-electron chi connectivity index (χ2n) is 11.6. The molecule has 0 aromatic heterocycles. The Bertz CT molecular complexity index is 1410. The van der Waals surface area contributed by atoms with Crippen molar-refractivity contribution in [3.63, 3.8) is 0 Å². The second kappa shape index (κ2) is 6.72. The summed E-state index contributed by atoms with van der Waals surface area (Å²) in [4.78, 5) is 0. The zero-order valence-corrected chi connectivity index (χ0v) is 21.8. The summed E-state index contributed by atoms with van der Waals surface area (Å²) in [5.74, 6) is 0. The van der Waals surface area contributed by atoms with Gasteiger partial charge in [0.2, 0.25) is 0 Å². The van der Waals surface area contributed by atoms with E-state index in [2.05, 4.69) is 116 Å². The molecule has 0 atom stereocenters. The van der Waals surface area contributed by atoms with Crippen molar-refractivity contribution in [3.8, 4) is 33.4 Å². The minimum absolute atomic E-state index is 0.00645. The van der Waals surface area contributed by atoms with Gasteiger partial charge in [-0.05, 0) is 106 Å². The predicted octanol–water partition coefficient (Wildman–Crippen LogP) is 9.20. The molecule has 0 radical (unpaired) electrons. The molecular weight excluding hydrogens is 408 g/mol. The fourth-order valence-corrected chi connectivity index (χ4v) is 7.57. The lowest BCUT2D eigenvalue weighted by Gasteiger charge is -2.29. The average molecular weight is 443 g/mol. The van der Waals surface area contributed by atoms with Crippen LogP contribution in [0.5, 0.6) is 0 Å². The molecular formula is C34H34. The number of aryl methyl sites for hydroxylation is 2. The summed E-state index contributed by atoms with van der Waals surface area (Å²) in [6, 6.07) is 22.9. The summed E-state index contributed by atoms with van der Waals surface area (Å²) in [5.41, 5.74) is 20.1. The van der Waals surface area contributed by atoms with Gasteiger partial charge in [-0.15, -0.1) is 0 Å². The summed E-state index contributed by atoms with van der Waals surface area (Å²) in [6.45, 7) is 18.9. The van der Waals surface area contributed by atoms with Crippen LogP contribution in [-0.2, 0) is 10.8 Å². The monoisotopic (exact) mass is 442 g/mol. The number of hydrogen-bond donors (Lipinski definition) is 0. The average Bonchev–Trinajstić information content (AvgIpc) is 3.15. The molecule has 0 spiro atoms. The topological polar surface area (TPSA) is 0 Å². The Hall–Kier alpha value is -3.12. The van der Waals surface area contributed by atoms with Crippen LogP contribution >= 0.6 is 0 Å². The molecule has 0 unspecified atom stereocenters. The maximum absolute atomic E-state index is 2.46. The highest BCUT2D eigenvalue weighted by Crippen LogP contribution is 2.55. The molecule has 0 amide bonds. The molecule has 4 aromatic carbocycles. The van der Waals surface area contributed by atoms with Crippen LogP contribution in [0.2, 0.25) is 0 Å². The van der Waals surface area contributed by atoms with E-state index in [1.807, 2.05) is 0 Å². The van der Waals surface area contributed by atoms with E-state index in [1.165, 1.54) is 77.9 Å². The van der Waals surface area contributed by atoms with E-state index in [0.29, 0.717) is 0 Å². The Kier molecular flexibility index (Phi) is 4.24. The molecule has 0 bridgehead atoms. The van der Waals surface area contributed by atoms with Crippen molar-refractivity contribution in [2.75, 3.05) is 0 Å². The van der Waals surface area contributed by atoms with Gasteiger partial charge in [-0.25, -0.2) is 0 Å². The smallest absolute Gasteiger partial charge is 0.0161 e. The number of rotatable bonds is 1. The Balaban J connectivity index is 1.67. The molecule has 6 rings (SSSR count). The van der Waals surface area contributed by atoms with Crippen molar-refractivity contribution in [3.05, 3.63) is 105 Å². The van der Waals surface area contributed by atoms with Gasteiger partial charge in [0.05, 0.1) is 0 Å². The third-order valence-electron chi connectivity index (χ3n) is 8.83. The van der Waals surface area contributed by atoms with Crippen LogP contribution < -0.4 is 0 Å². The van der Waals surface area contributed by atoms with Crippen LogP contribution in [-0.4, -0.2) is 0 Å². The lowest BCUT2D eigenvalue weighted by molar-refractivity contribution is 0.654. The summed E-state index contributed by atoms with van der Waals surface area (Å²) < 4.78 is 0. The van der Waals surface area contributed by atoms with Crippen LogP contribution in [0.1, 0.15) is 72.2 Å². The Morgan fingerprint density at radius 1 is 0.471 bits per heavy atom. The van der Waals surface area contributed by atoms with Gasteiger partial charge in [0, 0.05) is 10.8 Å². The van der Waals surface area contributed by atoms with E-state index in [1.54, 1.807) is 0 Å². The van der Waals surface area contributed by atoms with Gasteiger partial charge < -0.3 is 0 Å². The molecule has 0 heteroatoms. The molecule has 2 aliphatic rings. The Labute approximate surface area is 204 Å². The van der Waals surface area contributed by atoms with Crippen LogP contribution in [0.3, 0.4) is 0 Å². The molecule has 0 fully saturated rings. The molecule has 34 heavy (non-hydrogen) atoms. The maximum atomic E-state index is 2.46. The highest BCUT2D eigenvalue weighted by molar-refractivity contribution is 5.92. The number of hydrogen-bond acceptors (Lipinski definition) is 0. The molecule has 0 heterocycles. The van der Waals surface area contributed by atoms with Crippen molar-refractivity contribution >= 4 is 0 Å². The fourth-order valence-electron chi connectivity index (χ4n) is 7.57. The molecule has 170 valence electrons. The van der Waals surface area contributed by atoms with Gasteiger partial charge in [0.1, 0.15) is 0 Å². The van der Waals surface area contributed by atoms with Gasteiger partial charge in [0.15, 0.2) is 0 Å². The first kappa shape index (κ1) is 21.4. The van der Waals surface area contributed by atoms with E-state index >= 15 is 0 Å². The van der Waals surface area contributed by atoms with Gasteiger partial charge in [-0.3, -0.25) is 0 Å². The predicted molar refractivity (Wildman–Crippen MR) is 146 cm³/mol. The van der Waals surface area contributed by atoms with Crippen molar-refractivity contribution in [1.29, 1.82) is 0 Å². The Morgan fingerprint density at radius 2 is 0.824 bits per heavy atom. The molecule has 4 aromatic rings. The molecule has 2 aliphatic carbocycles. The van der Waals surface area contributed by atoms with Gasteiger partial charge in [0.25, 0.3) is 0 Å². The number of benzene rings is 4. The highest BCUT2D eigenvalue weighted by Gasteiger charge is 2.40. The molecule has 0 saturated carbocycles. The lowest BCUT2D eigenvalue weighted by Crippen LogP contribution is -2.18. The minimum atomic E-state index is 0.00645. The largest absolute Gasteiger partial charge is 0.0619 e. The van der Waals surface area contributed by atoms with E-state index in [-0.39, 0.29) is 10.8 Å². The normalized spacial score (nSPS) is 16.1. The van der Waals surface area contributed by atoms with E-state index in [4.69, 9.17) is 0 Å². The standard InChI is InChI=1S/C34H34/c1-19-17-25-23-13-9-11-15-27(23)33(5,6)31(25)21(3)29(19)30-20(2)18-26-24-14-10-12-16-28(24)34(7,8)32(26)22(30)4/h9-18H,1-8H3. The van der Waals surface area contributed by atoms with Crippen LogP contribution in [0, 0.1) is 27.7 Å². The zero-order valence-electron chi connectivity index (χ0n) is 21.8. The minimum Gasteiger partial charge on any atom is -0.0619 e. The van der Waals surface area contributed by atoms with Crippen molar-refractivity contribution < 1.29 is 0 Å². The second-order valence-corrected chi connectivity index (χ2v) is 11.6.